The number of nitrogens with one attached hydrogen (secondary N) is 15. The van der Waals surface area contributed by atoms with Crippen LogP contribution in [0.25, 0.3) is 10.9 Å². The first-order valence-corrected chi connectivity index (χ1v) is 32.8. The number of nitrogens with two attached hydrogens (primary N) is 4. The number of aliphatic hydroxyl groups is 1. The quantitative estimate of drug-likeness (QED) is 0.0226. The van der Waals surface area contributed by atoms with Crippen LogP contribution in [0, 0.1) is 10.8 Å². The van der Waals surface area contributed by atoms with Gasteiger partial charge in [0.05, 0.1) is 19.6 Å². The number of benzene rings is 1. The summed E-state index contributed by atoms with van der Waals surface area (Å²) in [5.41, 5.74) is 23.4. The van der Waals surface area contributed by atoms with Gasteiger partial charge in [-0.1, -0.05) is 66.5 Å². The van der Waals surface area contributed by atoms with Gasteiger partial charge in [0.25, 0.3) is 0 Å². The van der Waals surface area contributed by atoms with Gasteiger partial charge in [-0.3, -0.25) is 73.1 Å². The summed E-state index contributed by atoms with van der Waals surface area (Å²) >= 11 is 0. The summed E-state index contributed by atoms with van der Waals surface area (Å²) in [6.07, 6.45) is -0.478. The van der Waals surface area contributed by atoms with Crippen LogP contribution in [0.2, 0.25) is 0 Å². The van der Waals surface area contributed by atoms with Crippen molar-refractivity contribution in [3.63, 3.8) is 0 Å². The zero-order valence-corrected chi connectivity index (χ0v) is 53.6. The van der Waals surface area contributed by atoms with Gasteiger partial charge in [-0.2, -0.15) is 0 Å². The molecule has 11 atom stereocenters. The van der Waals surface area contributed by atoms with Gasteiger partial charge in [-0.15, -0.1) is 0 Å². The van der Waals surface area contributed by atoms with Crippen LogP contribution in [-0.2, 0) is 68.7 Å². The first kappa shape index (κ1) is 76.5. The number of aromatic nitrogens is 1. The van der Waals surface area contributed by atoms with Gasteiger partial charge >= 0.3 is 5.97 Å². The van der Waals surface area contributed by atoms with E-state index in [1.54, 1.807) is 44.2 Å². The molecule has 2 aliphatic rings. The van der Waals surface area contributed by atoms with Crippen LogP contribution >= 0.6 is 21.6 Å². The molecule has 25 N–H and O–H groups in total. The Kier molecular flexibility index (Phi) is 31.9. The summed E-state index contributed by atoms with van der Waals surface area (Å²) < 4.78 is 0. The Labute approximate surface area is 543 Å². The van der Waals surface area contributed by atoms with Crippen LogP contribution in [-0.4, -0.2) is 220 Å². The summed E-state index contributed by atoms with van der Waals surface area (Å²) in [6.45, 7) is 3.02. The smallest absolute Gasteiger partial charge is 0.305 e. The van der Waals surface area contributed by atoms with Crippen LogP contribution in [0.4, 0.5) is 0 Å². The molecular weight excluding hydrogens is 1260 g/mol. The third kappa shape index (κ3) is 25.2. The van der Waals surface area contributed by atoms with Crippen molar-refractivity contribution in [2.24, 2.45) is 22.9 Å². The molecule has 93 heavy (non-hydrogen) atoms. The molecule has 37 heteroatoms. The van der Waals surface area contributed by atoms with E-state index in [1.807, 2.05) is 0 Å². The van der Waals surface area contributed by atoms with E-state index < -0.39 is 181 Å². The lowest BCUT2D eigenvalue weighted by atomic mass is 10.1. The van der Waals surface area contributed by atoms with Gasteiger partial charge in [0.15, 0.2) is 11.9 Å². The number of carboxylic acids is 1. The fourth-order valence-electron chi connectivity index (χ4n) is 9.90. The van der Waals surface area contributed by atoms with Crippen LogP contribution in [0.15, 0.2) is 30.3 Å². The van der Waals surface area contributed by atoms with Crippen molar-refractivity contribution in [2.45, 2.75) is 164 Å². The lowest BCUT2D eigenvalue weighted by molar-refractivity contribution is -0.146. The van der Waals surface area contributed by atoms with Crippen molar-refractivity contribution >= 4 is 121 Å². The van der Waals surface area contributed by atoms with E-state index in [4.69, 9.17) is 33.8 Å². The molecule has 0 radical (unpaired) electrons. The molecule has 1 aromatic heterocycles. The number of carbonyl (C=O) groups excluding carboxylic acids is 12. The molecule has 2 fully saturated rings. The Morgan fingerprint density at radius 2 is 1.24 bits per heavy atom. The molecule has 12 amide bonds. The highest BCUT2D eigenvalue weighted by Gasteiger charge is 2.41. The molecule has 1 aromatic carbocycles. The number of H-pyrrole nitrogens is 1. The minimum Gasteiger partial charge on any atom is -0.481 e. The second-order valence-corrected chi connectivity index (χ2v) is 24.7. The molecule has 0 bridgehead atoms. The minimum atomic E-state index is -1.94. The predicted molar refractivity (Wildman–Crippen MR) is 342 cm³/mol. The second kappa shape index (κ2) is 38.8. The number of primary amides is 1. The third-order valence-electron chi connectivity index (χ3n) is 14.7. The Bertz CT molecular complexity index is 2980. The van der Waals surface area contributed by atoms with E-state index in [9.17, 15) is 72.5 Å². The largest absolute Gasteiger partial charge is 0.481 e. The summed E-state index contributed by atoms with van der Waals surface area (Å²) in [5, 5.41) is 66.8. The Morgan fingerprint density at radius 3 is 1.82 bits per heavy atom. The average Bonchev–Trinajstić information content (AvgIpc) is 1.89. The van der Waals surface area contributed by atoms with E-state index in [0.717, 1.165) is 31.9 Å². The van der Waals surface area contributed by atoms with Gasteiger partial charge in [0.2, 0.25) is 70.9 Å². The second-order valence-electron chi connectivity index (χ2n) is 22.1. The topological polar surface area (TPSA) is 578 Å². The molecule has 35 nitrogen and oxygen atoms in total. The van der Waals surface area contributed by atoms with Gasteiger partial charge < -0.3 is 107 Å². The molecule has 1 unspecified atom stereocenters. The molecule has 4 rings (SSSR count). The fraction of sp³-hybridized carbons (Fsp3) is 0.589. The zero-order chi connectivity index (χ0) is 68.9. The molecule has 0 spiro atoms. The number of aliphatic hydroxyl groups excluding tert-OH is 1. The number of rotatable bonds is 22. The van der Waals surface area contributed by atoms with E-state index in [-0.39, 0.29) is 83.2 Å². The van der Waals surface area contributed by atoms with Crippen LogP contribution in [0.1, 0.15) is 97.1 Å². The highest BCUT2D eigenvalue weighted by atomic mass is 33.1. The third-order valence-corrected chi connectivity index (χ3v) is 17.2. The van der Waals surface area contributed by atoms with Crippen molar-refractivity contribution in [3.8, 4) is 0 Å². The number of aromatic amines is 1. The van der Waals surface area contributed by atoms with E-state index in [0.29, 0.717) is 24.1 Å². The van der Waals surface area contributed by atoms with Crippen LogP contribution < -0.4 is 86.7 Å². The number of carboxylic acid groups (broad SMARTS) is 1. The molecule has 2 aliphatic heterocycles. The Morgan fingerprint density at radius 1 is 0.688 bits per heavy atom. The van der Waals surface area contributed by atoms with Crippen molar-refractivity contribution in [1.29, 1.82) is 10.8 Å². The monoisotopic (exact) mass is 1340 g/mol. The number of nitrogens with zero attached hydrogens (tertiary/aromatic N) is 1. The maximum atomic E-state index is 14.6. The molecule has 0 aliphatic carbocycles. The number of aliphatic carboxylic acids is 1. The van der Waals surface area contributed by atoms with E-state index >= 15 is 0 Å². The summed E-state index contributed by atoms with van der Waals surface area (Å²) in [4.78, 5) is 184. The molecular formula is C56H88N20O15S2. The molecule has 0 saturated carbocycles. The first-order chi connectivity index (χ1) is 44.2. The van der Waals surface area contributed by atoms with Gasteiger partial charge in [-0.05, 0) is 75.8 Å². The lowest BCUT2D eigenvalue weighted by Gasteiger charge is -2.30. The van der Waals surface area contributed by atoms with Gasteiger partial charge in [0.1, 0.15) is 66.5 Å². The number of guanidine groups is 2. The SMILES string of the molecule is CCC[C@H](NC(=O)CN)C(=O)N[C@H]1CSSC[C@@H](C(N)=O)NC(=O)[C@H](CCCNC(=N)N)NC(=O)[C@H](Cc2cc3ccccc3[nH]2)NC(=O)[C@H](C)NC(=O)[C@H](CCC)NC(=O)[C@H](CCCNC(=N)N)NC(=O)C2CCCN2C(=O)[C@H](CC(=O)O)NC(=O)[C@H](CO)NC1=O. The highest BCUT2D eigenvalue weighted by molar-refractivity contribution is 8.76. The number of fused-ring (bicyclic) bond motifs is 2. The van der Waals surface area contributed by atoms with Crippen LogP contribution in [0.5, 0.6) is 0 Å². The first-order valence-electron chi connectivity index (χ1n) is 30.3. The van der Waals surface area contributed by atoms with E-state index in [1.165, 1.54) is 6.92 Å². The van der Waals surface area contributed by atoms with Crippen molar-refractivity contribution < 1.29 is 72.5 Å². The van der Waals surface area contributed by atoms with Gasteiger partial charge in [0, 0.05) is 48.8 Å². The van der Waals surface area contributed by atoms with E-state index in [2.05, 4.69) is 68.8 Å². The molecule has 514 valence electrons. The van der Waals surface area contributed by atoms with Crippen LogP contribution in [0.3, 0.4) is 0 Å². The Balaban J connectivity index is 1.82. The minimum absolute atomic E-state index is 0.00105. The maximum absolute atomic E-state index is 14.6. The number of hydrogen-bond acceptors (Lipinski definition) is 19. The summed E-state index contributed by atoms with van der Waals surface area (Å²) in [5.74, 6) is -14.6. The number of para-hydroxylation sites is 1. The zero-order valence-electron chi connectivity index (χ0n) is 51.9. The average molecular weight is 1350 g/mol. The van der Waals surface area contributed by atoms with Crippen molar-refractivity contribution in [3.05, 3.63) is 36.0 Å². The predicted octanol–water partition coefficient (Wildman–Crippen LogP) is -6.00. The fourth-order valence-corrected chi connectivity index (χ4v) is 12.2. The van der Waals surface area contributed by atoms with Crippen molar-refractivity contribution in [1.82, 2.24) is 73.7 Å². The maximum Gasteiger partial charge on any atom is 0.305 e. The number of hydrogen-bond donors (Lipinski definition) is 21. The lowest BCUT2D eigenvalue weighted by Crippen LogP contribution is -2.61. The normalized spacial score (nSPS) is 24.2. The molecule has 2 saturated heterocycles. The van der Waals surface area contributed by atoms with Gasteiger partial charge in [-0.25, -0.2) is 0 Å². The molecule has 2 aromatic rings. The molecule has 3 heterocycles. The summed E-state index contributed by atoms with van der Waals surface area (Å²) in [6, 6.07) is -7.84. The highest BCUT2D eigenvalue weighted by Crippen LogP contribution is 2.24. The van der Waals surface area contributed by atoms with Crippen molar-refractivity contribution in [2.75, 3.05) is 44.3 Å². The summed E-state index contributed by atoms with van der Waals surface area (Å²) in [7, 11) is 1.72. The Hall–Kier alpha value is -8.97. The standard InChI is InChI=1S/C56H88N20O15S2/c1-4-11-32(67-42(78)24-57)47(84)75-40-27-93-92-26-39(44(58)81)74-49(86)34(15-8-18-63-55(59)60)69-50(87)36(22-30-21-29-13-6-7-14-31(29)66-30)71-45(82)28(3)65-46(83)33(12-5-2)68-48(85)35(16-9-19-64-56(61)62)70-53(90)41-17-10-20-76(41)54(91)37(23-43(79)80)72-51(88)38(25-77)73-52(40)89/h6-7,13-14,21,28,32-41,66,77H,4-5,8-12,15-20,22-27,57H2,1-3H3,(H2,58,81)(H,65,83)(H,67,78)(H,68,85)(H,69,87)(H,70,90)(H,71,82)(H,72,88)(H,73,89)(H,74,86)(H,75,84)(H,79,80)(H4,59,60,63)(H4,61,62,64)/t28-,32-,33-,34-,35-,36-,37-,38-,39-,40-,41?/m0/s1. The number of amides is 12. The number of carbonyl (C=O) groups is 13.